The van der Waals surface area contributed by atoms with Crippen molar-refractivity contribution in [1.29, 1.82) is 0 Å². The van der Waals surface area contributed by atoms with E-state index in [0.717, 1.165) is 16.4 Å². The number of nitrogen functional groups attached to an aromatic ring is 5. The Hall–Kier alpha value is -7.07. The standard InChI is InChI=1S/C22H24F2N8O9P2S2.C22H24FN7O9P2S2.C20H22F2N10O8P2S3/c23-13-10-4-36-42(34,44)40-16-11(39-21(14(16)24)31-2-1-8-18(26)27-6-28-19(8)31)5-37-43(35,45)41-17(13)22(38-10)32-7-29-15-9(32)3-12(25)30-20(15)33;23-15-17-14(37-22(15)29-4-2-11-18(24)26-8-27-19(11)29)7-35-40(32,42)38-13-5-10(6-34-41(33,43)39-17)36-21(13)30-9-28-16-12(30)1-3-25-20(16)31;21-9-8-4-37-42(35,44)39-12-7(38-18(10(12)22)31-2-1-6-14(23)25-5-26-15(6)31)3-36-41(34,43)40-13(9)19(45-8)32-16-11(29-30-32)17(33)28-20(24)27-16/h1-3,6-7,10-11,13-14,16-17,21-22H,4-5H2,(H,34,44)(H,35,45)(H3,25,30,33)(H2,26,27,28);1-4,8-10,13-15,17,21-22H,5-7H2,(H,25,31)(H,32,42)(H,33,43)(H2,24,26,27);1-2,5,7-10,12-13,18-19H,3-4H2,(H,34,43)(H,35,44)(H2,23,25,26)(H3,24,27,28,33)/t10-,11-,13-,14+,16-,17-,21-,22-,42?,43?;10-,13+,14+,15-,17+,21+,22+,40?,41?;7-,8-,9-,10+,12-,13-,18-,19-,41?,42?/m101/s1. The van der Waals surface area contributed by atoms with Crippen molar-refractivity contribution in [2.75, 3.05) is 68.3 Å². The number of aromatic amines is 3. The molecule has 21 rings (SSSR count). The normalized spacial score (nSPS) is 37.5. The summed E-state index contributed by atoms with van der Waals surface area (Å²) in [6.45, 7) is -28.6. The highest BCUT2D eigenvalue weighted by Crippen LogP contribution is 2.62. The van der Waals surface area contributed by atoms with Gasteiger partial charge in [-0.1, -0.05) is 17.5 Å². The molecule has 51 nitrogen and oxygen atoms in total. The van der Waals surface area contributed by atoms with Crippen molar-refractivity contribution in [2.24, 2.45) is 0 Å². The highest BCUT2D eigenvalue weighted by atomic mass is 32.7. The minimum atomic E-state index is -4.46. The molecule has 0 radical (unpaired) electrons. The number of pyridine rings is 2. The summed E-state index contributed by atoms with van der Waals surface area (Å²) in [6, 6.07) is 7.75. The van der Waals surface area contributed by atoms with Crippen LogP contribution in [0.3, 0.4) is 0 Å². The zero-order valence-corrected chi connectivity index (χ0v) is 77.7. The minimum absolute atomic E-state index is 0.00993. The lowest BCUT2D eigenvalue weighted by Gasteiger charge is -2.27. The molecule has 6 bridgehead atoms. The number of H-pyrrole nitrogens is 3. The molecule has 133 heavy (non-hydrogen) atoms. The number of nitrogens with two attached hydrogens (primary N) is 5. The van der Waals surface area contributed by atoms with E-state index in [9.17, 15) is 43.4 Å². The zero-order valence-electron chi connectivity index (χ0n) is 66.6. The second kappa shape index (κ2) is 36.6. The summed E-state index contributed by atoms with van der Waals surface area (Å²) >= 11 is 30.9. The number of ether oxygens (including phenoxy) is 5. The van der Waals surface area contributed by atoms with Gasteiger partial charge >= 0.3 is 40.4 Å². The van der Waals surface area contributed by atoms with Gasteiger partial charge in [-0.2, -0.15) is 4.98 Å². The number of thiol groups is 1. The van der Waals surface area contributed by atoms with E-state index >= 15 is 22.0 Å². The molecule has 21 heterocycles. The lowest BCUT2D eigenvalue weighted by Crippen LogP contribution is -2.34. The van der Waals surface area contributed by atoms with E-state index in [1.54, 1.807) is 28.8 Å². The fraction of sp³-hybridized carbons (Fsp3) is 0.469. The van der Waals surface area contributed by atoms with E-state index in [-0.39, 0.29) is 81.3 Å². The molecule has 0 spiro atoms. The Morgan fingerprint density at radius 1 is 0.451 bits per heavy atom. The highest BCUT2D eigenvalue weighted by molar-refractivity contribution is 8.44. The fourth-order valence-electron chi connectivity index (χ4n) is 16.2. The average molecular weight is 2110 g/mol. The Morgan fingerprint density at radius 3 is 1.43 bits per heavy atom. The van der Waals surface area contributed by atoms with Crippen LogP contribution in [0, 0.1) is 0 Å². The van der Waals surface area contributed by atoms with Gasteiger partial charge in [0, 0.05) is 37.3 Å². The molecule has 6 unspecified atom stereocenters. The molecule has 69 heteroatoms. The number of aromatic nitrogens is 20. The Balaban J connectivity index is 0.000000129. The van der Waals surface area contributed by atoms with Crippen LogP contribution in [0.15, 0.2) is 101 Å². The summed E-state index contributed by atoms with van der Waals surface area (Å²) in [5, 5.41) is 6.84. The lowest BCUT2D eigenvalue weighted by molar-refractivity contribution is -0.0595. The highest BCUT2D eigenvalue weighted by Gasteiger charge is 2.58. The number of nitrogens with one attached hydrogen (secondary N) is 3. The first-order chi connectivity index (χ1) is 63.1. The third-order valence-electron chi connectivity index (χ3n) is 22.1. The molecular formula is C64H70F5N25O26P6S7. The topological polar surface area (TPSA) is 675 Å². The summed E-state index contributed by atoms with van der Waals surface area (Å²) < 4.78 is 198. The van der Waals surface area contributed by atoms with E-state index in [0.29, 0.717) is 27.3 Å². The van der Waals surface area contributed by atoms with Gasteiger partial charge in [-0.3, -0.25) is 46.5 Å². The van der Waals surface area contributed by atoms with E-state index in [1.807, 2.05) is 0 Å². The molecule has 18 N–H and O–H groups in total. The molecule has 0 aromatic carbocycles. The van der Waals surface area contributed by atoms with Crippen molar-refractivity contribution in [3.8, 4) is 0 Å². The first-order valence-corrected chi connectivity index (χ1v) is 55.5. The molecule has 9 saturated heterocycles. The van der Waals surface area contributed by atoms with Crippen LogP contribution in [-0.2, 0) is 142 Å². The number of imidazole rings is 2. The minimum Gasteiger partial charge on any atom is -0.385 e. The van der Waals surface area contributed by atoms with Crippen molar-refractivity contribution in [2.45, 2.75) is 146 Å². The quantitative estimate of drug-likeness (QED) is 0.0636. The van der Waals surface area contributed by atoms with Crippen molar-refractivity contribution in [3.05, 3.63) is 118 Å². The number of anilines is 5. The van der Waals surface area contributed by atoms with Gasteiger partial charge in [-0.25, -0.2) is 71.1 Å². The number of fused-ring (bicyclic) bond motifs is 15. The van der Waals surface area contributed by atoms with E-state index < -0.39 is 230 Å². The first-order valence-electron chi connectivity index (χ1n) is 38.9. The molecule has 12 aromatic heterocycles. The Kier molecular flexibility index (Phi) is 26.1. The maximum absolute atomic E-state index is 16.0. The number of hydrogen-bond acceptors (Lipinski definition) is 43. The summed E-state index contributed by atoms with van der Waals surface area (Å²) in [6.07, 6.45) is -18.8. The molecule has 9 aliphatic heterocycles. The fourth-order valence-corrected chi connectivity index (χ4v) is 26.5. The number of hydrogen-bond donors (Lipinski definition) is 14. The summed E-state index contributed by atoms with van der Waals surface area (Å²) in [4.78, 5) is 135. The van der Waals surface area contributed by atoms with Crippen LogP contribution in [0.4, 0.5) is 51.2 Å². The number of nitrogens with zero attached hydrogens (tertiary/aromatic N) is 17. The second-order valence-electron chi connectivity index (χ2n) is 30.5. The van der Waals surface area contributed by atoms with Gasteiger partial charge in [0.2, 0.25) is 5.95 Å². The molecule has 9 aliphatic rings. The van der Waals surface area contributed by atoms with Gasteiger partial charge < -0.3 is 137 Å². The smallest absolute Gasteiger partial charge is 0.385 e. The summed E-state index contributed by atoms with van der Waals surface area (Å²) in [5.41, 5.74) is 28.8. The van der Waals surface area contributed by atoms with Gasteiger partial charge in [0.25, 0.3) is 16.7 Å². The van der Waals surface area contributed by atoms with Crippen molar-refractivity contribution in [1.82, 2.24) is 97.6 Å². The van der Waals surface area contributed by atoms with Crippen LogP contribution in [0.25, 0.3) is 66.3 Å². The number of alkyl halides is 5. The van der Waals surface area contributed by atoms with Crippen LogP contribution >= 0.6 is 64.4 Å². The molecular weight excluding hydrogens is 2040 g/mol. The average Bonchev–Trinajstić information content (AvgIpc) is 1.62. The molecule has 0 amide bonds. The first kappa shape index (κ1) is 94.9. The SMILES string of the molecule is Nc1cc2c(ncn2[C@@H]2O[C@@H]3COP(O)(=S)O[C@H]4[C@H](F)[C@H](n5ccc6c(N)ncnc65)O[C@@H]4COP(=O)(S)O[C@@H]2[C@@H]3F)c(=O)[nH]1.Nc1nc2c(nnn2[C@@H]2S[C@@H]3COP(O)(=S)O[C@H]4[C@H](F)[C@H](n5ccc6c(N)ncnc65)O[C@@H]4COP(O)(=S)O[C@@H]2[C@@H]3F)c(=O)[nH]1.Nc1ncnc2c1ccn2[C@@H]1O[C@@H]2COP(O)(=S)O[C@@H]3C[C@@H](COP(O)(=S)O[C@H]2[C@@H]1F)O[C@H]3n1cnc2c(=O)[nH]ccc21. The van der Waals surface area contributed by atoms with E-state index in [1.165, 1.54) is 80.8 Å². The molecule has 714 valence electrons. The molecule has 9 fully saturated rings. The van der Waals surface area contributed by atoms with Crippen molar-refractivity contribution in [3.63, 3.8) is 0 Å². The summed E-state index contributed by atoms with van der Waals surface area (Å²) in [7, 11) is 0. The van der Waals surface area contributed by atoms with E-state index in [4.69, 9.17) is 166 Å². The zero-order chi connectivity index (χ0) is 93.8. The Morgan fingerprint density at radius 2 is 0.902 bits per heavy atom. The monoisotopic (exact) mass is 2110 g/mol. The summed E-state index contributed by atoms with van der Waals surface area (Å²) in [5.74, 6) is 0.255. The predicted molar refractivity (Wildman–Crippen MR) is 474 cm³/mol. The van der Waals surface area contributed by atoms with Gasteiger partial charge in [0.1, 0.15) is 132 Å². The second-order valence-corrected chi connectivity index (χ2v) is 48.6. The van der Waals surface area contributed by atoms with Gasteiger partial charge in [0.15, 0.2) is 78.0 Å². The maximum Gasteiger partial charge on any atom is 0.386 e. The Labute approximate surface area is 773 Å². The van der Waals surface area contributed by atoms with Crippen molar-refractivity contribution < 1.29 is 129 Å². The third-order valence-corrected chi connectivity index (χ3v) is 33.1. The van der Waals surface area contributed by atoms with Crippen LogP contribution < -0.4 is 45.3 Å². The maximum atomic E-state index is 16.0. The lowest BCUT2D eigenvalue weighted by atomic mass is 10.1. The molecule has 0 saturated carbocycles. The number of halogens is 5. The molecule has 12 aromatic rings. The Bertz CT molecular complexity index is 6770. The van der Waals surface area contributed by atoms with Gasteiger partial charge in [0.05, 0.1) is 90.8 Å². The molecule has 0 aliphatic carbocycles. The van der Waals surface area contributed by atoms with Crippen LogP contribution in [0.1, 0.15) is 42.9 Å². The van der Waals surface area contributed by atoms with Gasteiger partial charge in [-0.15, -0.1) is 16.9 Å². The van der Waals surface area contributed by atoms with Crippen molar-refractivity contribution >= 4 is 219 Å². The van der Waals surface area contributed by atoms with Crippen LogP contribution in [0.5, 0.6) is 0 Å². The van der Waals surface area contributed by atoms with Gasteiger partial charge in [-0.05, 0) is 83.3 Å². The third kappa shape index (κ3) is 18.8. The van der Waals surface area contributed by atoms with Crippen LogP contribution in [-0.4, -0.2) is 265 Å². The predicted octanol–water partition coefficient (Wildman–Crippen LogP) is 3.96. The number of thioether (sulfide) groups is 1. The largest absolute Gasteiger partial charge is 0.386 e. The number of rotatable bonds is 6. The molecule has 29 atom stereocenters. The van der Waals surface area contributed by atoms with Crippen LogP contribution in [0.2, 0.25) is 0 Å². The van der Waals surface area contributed by atoms with E-state index in [2.05, 4.69) is 82.4 Å².